The van der Waals surface area contributed by atoms with E-state index in [2.05, 4.69) is 41.5 Å². The molecule has 4 rings (SSSR count). The number of thioether (sulfide) groups is 1. The second kappa shape index (κ2) is 9.58. The van der Waals surface area contributed by atoms with Crippen LogP contribution in [0, 0.1) is 19.7 Å². The van der Waals surface area contributed by atoms with E-state index < -0.39 is 5.91 Å². The maximum atomic E-state index is 13.4. The molecular formula is C22H18BrFN6OS. The summed E-state index contributed by atoms with van der Waals surface area (Å²) in [5, 5.41) is 11.7. The molecule has 2 aromatic carbocycles. The first-order valence-electron chi connectivity index (χ1n) is 9.61. The Labute approximate surface area is 196 Å². The molecule has 4 aromatic rings. The van der Waals surface area contributed by atoms with Crippen molar-refractivity contribution in [1.29, 1.82) is 0 Å². The van der Waals surface area contributed by atoms with Crippen molar-refractivity contribution in [2.24, 2.45) is 0 Å². The third-order valence-corrected chi connectivity index (χ3v) is 5.78. The van der Waals surface area contributed by atoms with Gasteiger partial charge in [0.05, 0.1) is 11.4 Å². The highest BCUT2D eigenvalue weighted by Gasteiger charge is 2.22. The predicted molar refractivity (Wildman–Crippen MR) is 124 cm³/mol. The van der Waals surface area contributed by atoms with E-state index in [4.69, 9.17) is 0 Å². The standard InChI is InChI=1S/C22H18BrFN6OS/c1-13-10-14(2)26-22(25-13)32-12-19-20(21(31)27-17-5-3-4-15(23)11-17)28-29-30(19)18-8-6-16(24)7-9-18/h3-11H,12H2,1-2H3,(H,27,31). The van der Waals surface area contributed by atoms with Gasteiger partial charge in [0.15, 0.2) is 10.9 Å². The Bertz CT molecular complexity index is 1260. The molecule has 32 heavy (non-hydrogen) atoms. The summed E-state index contributed by atoms with van der Waals surface area (Å²) in [4.78, 5) is 21.9. The van der Waals surface area contributed by atoms with Crippen molar-refractivity contribution in [2.75, 3.05) is 5.32 Å². The van der Waals surface area contributed by atoms with Gasteiger partial charge >= 0.3 is 0 Å². The number of amides is 1. The summed E-state index contributed by atoms with van der Waals surface area (Å²) >= 11 is 4.77. The average molecular weight is 513 g/mol. The van der Waals surface area contributed by atoms with Gasteiger partial charge in [-0.25, -0.2) is 19.0 Å². The van der Waals surface area contributed by atoms with Crippen molar-refractivity contribution >= 4 is 39.3 Å². The summed E-state index contributed by atoms with van der Waals surface area (Å²) in [5.41, 5.74) is 3.66. The van der Waals surface area contributed by atoms with Crippen molar-refractivity contribution in [2.45, 2.75) is 24.8 Å². The maximum absolute atomic E-state index is 13.4. The van der Waals surface area contributed by atoms with Gasteiger partial charge in [-0.2, -0.15) is 0 Å². The van der Waals surface area contributed by atoms with E-state index in [-0.39, 0.29) is 11.5 Å². The largest absolute Gasteiger partial charge is 0.320 e. The van der Waals surface area contributed by atoms with E-state index in [1.54, 1.807) is 24.3 Å². The van der Waals surface area contributed by atoms with E-state index >= 15 is 0 Å². The first kappa shape index (κ1) is 22.1. The molecule has 0 fully saturated rings. The summed E-state index contributed by atoms with van der Waals surface area (Å²) in [7, 11) is 0. The monoisotopic (exact) mass is 512 g/mol. The molecule has 0 atom stereocenters. The molecule has 10 heteroatoms. The first-order valence-corrected chi connectivity index (χ1v) is 11.4. The zero-order valence-electron chi connectivity index (χ0n) is 17.2. The van der Waals surface area contributed by atoms with Gasteiger partial charge in [-0.15, -0.1) is 5.10 Å². The van der Waals surface area contributed by atoms with Gasteiger partial charge in [0.1, 0.15) is 5.82 Å². The van der Waals surface area contributed by atoms with Crippen molar-refractivity contribution in [3.05, 3.63) is 87.7 Å². The number of nitrogens with one attached hydrogen (secondary N) is 1. The molecule has 0 aliphatic heterocycles. The minimum atomic E-state index is -0.395. The van der Waals surface area contributed by atoms with Crippen LogP contribution in [0.5, 0.6) is 0 Å². The van der Waals surface area contributed by atoms with E-state index in [1.807, 2.05) is 32.0 Å². The Morgan fingerprint density at radius 1 is 1.09 bits per heavy atom. The molecule has 162 valence electrons. The summed E-state index contributed by atoms with van der Waals surface area (Å²) < 4.78 is 15.8. The number of hydrogen-bond donors (Lipinski definition) is 1. The first-order chi connectivity index (χ1) is 15.4. The smallest absolute Gasteiger partial charge is 0.278 e. The number of carbonyl (C=O) groups is 1. The molecule has 0 saturated carbocycles. The highest BCUT2D eigenvalue weighted by molar-refractivity contribution is 9.10. The number of benzene rings is 2. The van der Waals surface area contributed by atoms with Gasteiger partial charge in [-0.05, 0) is 62.4 Å². The van der Waals surface area contributed by atoms with Gasteiger partial charge in [-0.1, -0.05) is 39.0 Å². The van der Waals surface area contributed by atoms with Crippen molar-refractivity contribution < 1.29 is 9.18 Å². The minimum absolute atomic E-state index is 0.172. The molecule has 0 spiro atoms. The average Bonchev–Trinajstić information content (AvgIpc) is 3.16. The van der Waals surface area contributed by atoms with Gasteiger partial charge in [0, 0.05) is 27.3 Å². The van der Waals surface area contributed by atoms with Crippen molar-refractivity contribution in [3.63, 3.8) is 0 Å². The Morgan fingerprint density at radius 2 is 1.81 bits per heavy atom. The number of hydrogen-bond acceptors (Lipinski definition) is 6. The molecule has 1 amide bonds. The van der Waals surface area contributed by atoms with E-state index in [0.717, 1.165) is 15.9 Å². The van der Waals surface area contributed by atoms with Crippen LogP contribution in [0.15, 0.2) is 64.2 Å². The molecule has 0 aliphatic rings. The van der Waals surface area contributed by atoms with Gasteiger partial charge in [0.25, 0.3) is 5.91 Å². The van der Waals surface area contributed by atoms with Crippen LogP contribution in [-0.4, -0.2) is 30.9 Å². The van der Waals surface area contributed by atoms with Gasteiger partial charge < -0.3 is 5.32 Å². The van der Waals surface area contributed by atoms with E-state index in [0.29, 0.717) is 28.0 Å². The van der Waals surface area contributed by atoms with Crippen LogP contribution in [0.3, 0.4) is 0 Å². The third-order valence-electron chi connectivity index (χ3n) is 4.43. The lowest BCUT2D eigenvalue weighted by molar-refractivity contribution is 0.102. The summed E-state index contributed by atoms with van der Waals surface area (Å²) in [6.45, 7) is 3.81. The molecule has 2 aromatic heterocycles. The number of nitrogens with zero attached hydrogens (tertiary/aromatic N) is 5. The molecule has 2 heterocycles. The summed E-state index contributed by atoms with van der Waals surface area (Å²) in [5.74, 6) is -0.413. The maximum Gasteiger partial charge on any atom is 0.278 e. The van der Waals surface area contributed by atoms with Crippen molar-refractivity contribution in [3.8, 4) is 5.69 Å². The molecule has 0 unspecified atom stereocenters. The summed E-state index contributed by atoms with van der Waals surface area (Å²) in [6, 6.07) is 15.0. The molecule has 0 aliphatic carbocycles. The normalized spacial score (nSPS) is 10.9. The highest BCUT2D eigenvalue weighted by Crippen LogP contribution is 2.25. The number of halogens is 2. The Hall–Kier alpha value is -3.11. The number of rotatable bonds is 6. The Morgan fingerprint density at radius 3 is 2.50 bits per heavy atom. The fourth-order valence-corrected chi connectivity index (χ4v) is 4.39. The Balaban J connectivity index is 1.67. The molecular weight excluding hydrogens is 495 g/mol. The fourth-order valence-electron chi connectivity index (χ4n) is 3.04. The lowest BCUT2D eigenvalue weighted by atomic mass is 10.2. The van der Waals surface area contributed by atoms with Crippen LogP contribution in [0.2, 0.25) is 0 Å². The highest BCUT2D eigenvalue weighted by atomic mass is 79.9. The lowest BCUT2D eigenvalue weighted by Crippen LogP contribution is -2.15. The summed E-state index contributed by atoms with van der Waals surface area (Å²) in [6.07, 6.45) is 0. The second-order valence-corrected chi connectivity index (χ2v) is 8.82. The quantitative estimate of drug-likeness (QED) is 0.285. The van der Waals surface area contributed by atoms with Crippen LogP contribution < -0.4 is 5.32 Å². The molecule has 7 nitrogen and oxygen atoms in total. The minimum Gasteiger partial charge on any atom is -0.320 e. The predicted octanol–water partition coefficient (Wildman–Crippen LogP) is 5.12. The molecule has 0 bridgehead atoms. The molecule has 0 radical (unpaired) electrons. The molecule has 0 saturated heterocycles. The van der Waals surface area contributed by atoms with Crippen molar-refractivity contribution in [1.82, 2.24) is 25.0 Å². The number of carbonyl (C=O) groups excluding carboxylic acids is 1. The zero-order chi connectivity index (χ0) is 22.7. The number of aryl methyl sites for hydroxylation is 2. The van der Waals surface area contributed by atoms with Gasteiger partial charge in [0.2, 0.25) is 0 Å². The third kappa shape index (κ3) is 5.20. The van der Waals surface area contributed by atoms with Crippen LogP contribution in [-0.2, 0) is 5.75 Å². The topological polar surface area (TPSA) is 85.6 Å². The van der Waals surface area contributed by atoms with Gasteiger partial charge in [-0.3, -0.25) is 4.79 Å². The van der Waals surface area contributed by atoms with Crippen LogP contribution in [0.4, 0.5) is 10.1 Å². The van der Waals surface area contributed by atoms with E-state index in [1.165, 1.54) is 28.6 Å². The SMILES string of the molecule is Cc1cc(C)nc(SCc2c(C(=O)Nc3cccc(Br)c3)nnn2-c2ccc(F)cc2)n1. The fraction of sp³-hybridized carbons (Fsp3) is 0.136. The number of anilines is 1. The Kier molecular flexibility index (Phi) is 6.61. The van der Waals surface area contributed by atoms with Crippen LogP contribution in [0.25, 0.3) is 5.69 Å². The lowest BCUT2D eigenvalue weighted by Gasteiger charge is -2.09. The van der Waals surface area contributed by atoms with E-state index in [9.17, 15) is 9.18 Å². The molecule has 1 N–H and O–H groups in total. The van der Waals surface area contributed by atoms with Crippen LogP contribution in [0.1, 0.15) is 27.6 Å². The zero-order valence-corrected chi connectivity index (χ0v) is 19.6. The number of aromatic nitrogens is 5. The van der Waals surface area contributed by atoms with Crippen LogP contribution >= 0.6 is 27.7 Å². The second-order valence-electron chi connectivity index (χ2n) is 6.96.